The van der Waals surface area contributed by atoms with Gasteiger partial charge in [-0.1, -0.05) is 17.7 Å². The molecule has 0 saturated carbocycles. The molecule has 1 N–H and O–H groups in total. The minimum atomic E-state index is -3.79. The van der Waals surface area contributed by atoms with Gasteiger partial charge in [0, 0.05) is 31.1 Å². The molecule has 0 aliphatic carbocycles. The molecule has 1 aromatic carbocycles. The monoisotopic (exact) mass is 342 g/mol. The summed E-state index contributed by atoms with van der Waals surface area (Å²) in [7, 11) is -1.01. The Bertz CT molecular complexity index is 751. The topological polar surface area (TPSA) is 77.5 Å². The minimum absolute atomic E-state index is 0.0415. The maximum Gasteiger partial charge on any atom is 0.244 e. The number of benzene rings is 1. The first kappa shape index (κ1) is 16.5. The molecule has 0 spiro atoms. The van der Waals surface area contributed by atoms with Gasteiger partial charge >= 0.3 is 0 Å². The summed E-state index contributed by atoms with van der Waals surface area (Å²) in [6.45, 7) is 0.115. The number of sulfonamides is 1. The third-order valence-electron chi connectivity index (χ3n) is 2.92. The van der Waals surface area contributed by atoms with Crippen LogP contribution in [0.1, 0.15) is 5.56 Å². The summed E-state index contributed by atoms with van der Waals surface area (Å²) >= 11 is 5.97. The van der Waals surface area contributed by atoms with Gasteiger partial charge in [0.1, 0.15) is 16.4 Å². The van der Waals surface area contributed by atoms with E-state index in [2.05, 4.69) is 9.71 Å². The average molecular weight is 343 g/mol. The van der Waals surface area contributed by atoms with E-state index in [-0.39, 0.29) is 28.0 Å². The van der Waals surface area contributed by atoms with Crippen LogP contribution < -0.4 is 14.2 Å². The summed E-state index contributed by atoms with van der Waals surface area (Å²) in [5.41, 5.74) is 0.742. The Labute approximate surface area is 134 Å². The number of nitrogens with one attached hydrogen (secondary N) is 1. The number of methoxy groups -OCH3 is 2. The van der Waals surface area contributed by atoms with Gasteiger partial charge in [-0.15, -0.1) is 0 Å². The number of ether oxygens (including phenoxy) is 2. The minimum Gasteiger partial charge on any atom is -0.495 e. The summed E-state index contributed by atoms with van der Waals surface area (Å²) in [6.07, 6.45) is 3.20. The van der Waals surface area contributed by atoms with Crippen LogP contribution in [0.5, 0.6) is 11.5 Å². The van der Waals surface area contributed by atoms with E-state index in [9.17, 15) is 8.42 Å². The van der Waals surface area contributed by atoms with E-state index in [1.54, 1.807) is 24.5 Å². The SMILES string of the molecule is COc1cc(S(=O)(=O)NCc2cccnc2)c(OC)cc1Cl. The van der Waals surface area contributed by atoms with Gasteiger partial charge in [-0.3, -0.25) is 4.98 Å². The predicted octanol–water partition coefficient (Wildman–Crippen LogP) is 2.23. The zero-order valence-electron chi connectivity index (χ0n) is 12.0. The first-order valence-electron chi connectivity index (χ1n) is 6.28. The zero-order valence-corrected chi connectivity index (χ0v) is 13.6. The second-order valence-electron chi connectivity index (χ2n) is 4.32. The third-order valence-corrected chi connectivity index (χ3v) is 4.63. The van der Waals surface area contributed by atoms with Gasteiger partial charge in [0.05, 0.1) is 19.2 Å². The molecule has 0 amide bonds. The van der Waals surface area contributed by atoms with Crippen LogP contribution in [0.15, 0.2) is 41.6 Å². The number of rotatable bonds is 6. The largest absolute Gasteiger partial charge is 0.495 e. The fraction of sp³-hybridized carbons (Fsp3) is 0.214. The van der Waals surface area contributed by atoms with Crippen LogP contribution in [0.2, 0.25) is 5.02 Å². The molecule has 1 heterocycles. The van der Waals surface area contributed by atoms with E-state index >= 15 is 0 Å². The Morgan fingerprint density at radius 3 is 2.55 bits per heavy atom. The third kappa shape index (κ3) is 3.68. The Hall–Kier alpha value is -1.83. The normalized spacial score (nSPS) is 11.2. The molecule has 22 heavy (non-hydrogen) atoms. The highest BCUT2D eigenvalue weighted by molar-refractivity contribution is 7.89. The van der Waals surface area contributed by atoms with Crippen molar-refractivity contribution in [2.75, 3.05) is 14.2 Å². The van der Waals surface area contributed by atoms with Gasteiger partial charge < -0.3 is 9.47 Å². The summed E-state index contributed by atoms with van der Waals surface area (Å²) < 4.78 is 37.5. The van der Waals surface area contributed by atoms with E-state index < -0.39 is 10.0 Å². The summed E-state index contributed by atoms with van der Waals surface area (Å²) in [5, 5.41) is 0.269. The van der Waals surface area contributed by atoms with Crippen LogP contribution in [0.3, 0.4) is 0 Å². The second kappa shape index (κ2) is 6.95. The number of hydrogen-bond donors (Lipinski definition) is 1. The molecule has 0 atom stereocenters. The average Bonchev–Trinajstić information content (AvgIpc) is 2.53. The van der Waals surface area contributed by atoms with Crippen molar-refractivity contribution >= 4 is 21.6 Å². The van der Waals surface area contributed by atoms with Gasteiger partial charge in [0.15, 0.2) is 0 Å². The number of pyridine rings is 1. The Morgan fingerprint density at radius 1 is 1.23 bits per heavy atom. The van der Waals surface area contributed by atoms with Crippen molar-refractivity contribution in [2.45, 2.75) is 11.4 Å². The molecule has 0 bridgehead atoms. The van der Waals surface area contributed by atoms with E-state index in [1.807, 2.05) is 0 Å². The number of aromatic nitrogens is 1. The smallest absolute Gasteiger partial charge is 0.244 e. The van der Waals surface area contributed by atoms with Crippen LogP contribution in [-0.4, -0.2) is 27.6 Å². The summed E-state index contributed by atoms with van der Waals surface area (Å²) in [5.74, 6) is 0.397. The van der Waals surface area contributed by atoms with Gasteiger partial charge in [0.2, 0.25) is 10.0 Å². The van der Waals surface area contributed by atoms with E-state index in [4.69, 9.17) is 21.1 Å². The summed E-state index contributed by atoms with van der Waals surface area (Å²) in [6, 6.07) is 6.23. The first-order valence-corrected chi connectivity index (χ1v) is 8.14. The van der Waals surface area contributed by atoms with Gasteiger partial charge in [0.25, 0.3) is 0 Å². The van der Waals surface area contributed by atoms with Crippen molar-refractivity contribution in [3.63, 3.8) is 0 Å². The van der Waals surface area contributed by atoms with Crippen molar-refractivity contribution < 1.29 is 17.9 Å². The Morgan fingerprint density at radius 2 is 1.95 bits per heavy atom. The molecule has 2 rings (SSSR count). The maximum absolute atomic E-state index is 12.5. The maximum atomic E-state index is 12.5. The van der Waals surface area contributed by atoms with Crippen molar-refractivity contribution in [2.24, 2.45) is 0 Å². The quantitative estimate of drug-likeness (QED) is 0.871. The number of nitrogens with zero attached hydrogens (tertiary/aromatic N) is 1. The fourth-order valence-corrected chi connectivity index (χ4v) is 3.21. The Balaban J connectivity index is 2.32. The van der Waals surface area contributed by atoms with Crippen molar-refractivity contribution in [3.8, 4) is 11.5 Å². The van der Waals surface area contributed by atoms with E-state index in [0.717, 1.165) is 5.56 Å². The molecule has 0 aliphatic rings. The van der Waals surface area contributed by atoms with Crippen LogP contribution in [0, 0.1) is 0 Å². The lowest BCUT2D eigenvalue weighted by Gasteiger charge is -2.13. The standard InChI is InChI=1S/C14H15ClN2O4S/c1-20-12-7-14(13(21-2)6-11(12)15)22(18,19)17-9-10-4-3-5-16-8-10/h3-8,17H,9H2,1-2H3. The lowest BCUT2D eigenvalue weighted by molar-refractivity contribution is 0.392. The van der Waals surface area contributed by atoms with Crippen LogP contribution in [0.4, 0.5) is 0 Å². The van der Waals surface area contributed by atoms with E-state index in [1.165, 1.54) is 26.4 Å². The first-order chi connectivity index (χ1) is 10.5. The highest BCUT2D eigenvalue weighted by atomic mass is 35.5. The molecule has 0 saturated heterocycles. The lowest BCUT2D eigenvalue weighted by atomic mass is 10.3. The van der Waals surface area contributed by atoms with Gasteiger partial charge in [-0.05, 0) is 11.6 Å². The summed E-state index contributed by atoms with van der Waals surface area (Å²) in [4.78, 5) is 3.89. The van der Waals surface area contributed by atoms with Crippen LogP contribution in [0.25, 0.3) is 0 Å². The highest BCUT2D eigenvalue weighted by Crippen LogP contribution is 2.34. The van der Waals surface area contributed by atoms with E-state index in [0.29, 0.717) is 0 Å². The predicted molar refractivity (Wildman–Crippen MR) is 82.8 cm³/mol. The van der Waals surface area contributed by atoms with Crippen LogP contribution >= 0.6 is 11.6 Å². The molecule has 0 unspecified atom stereocenters. The zero-order chi connectivity index (χ0) is 16.2. The number of hydrogen-bond acceptors (Lipinski definition) is 5. The molecule has 2 aromatic rings. The van der Waals surface area contributed by atoms with Crippen molar-refractivity contribution in [1.82, 2.24) is 9.71 Å². The molecule has 0 fully saturated rings. The Kier molecular flexibility index (Phi) is 5.23. The molecule has 0 aliphatic heterocycles. The van der Waals surface area contributed by atoms with Gasteiger partial charge in [-0.2, -0.15) is 0 Å². The molecule has 0 radical (unpaired) electrons. The second-order valence-corrected chi connectivity index (χ2v) is 6.47. The molecular weight excluding hydrogens is 328 g/mol. The molecular formula is C14H15ClN2O4S. The van der Waals surface area contributed by atoms with Gasteiger partial charge in [-0.25, -0.2) is 13.1 Å². The van der Waals surface area contributed by atoms with Crippen molar-refractivity contribution in [1.29, 1.82) is 0 Å². The molecule has 8 heteroatoms. The molecule has 118 valence electrons. The molecule has 1 aromatic heterocycles. The van der Waals surface area contributed by atoms with Crippen LogP contribution in [-0.2, 0) is 16.6 Å². The fourth-order valence-electron chi connectivity index (χ4n) is 1.80. The molecule has 6 nitrogen and oxygen atoms in total. The lowest BCUT2D eigenvalue weighted by Crippen LogP contribution is -2.24. The highest BCUT2D eigenvalue weighted by Gasteiger charge is 2.22. The number of halogens is 1. The van der Waals surface area contributed by atoms with Crippen molar-refractivity contribution in [3.05, 3.63) is 47.2 Å².